The standard InChI is InChI=1S/C26H44N8O7S2/c1-5-14(2)21(26(40)41)34-25(39)19(11-20(28)35)33-24(38)18(7-9-43-4)32-23(37)17(6-8-42-3)31-22(36)16(27)10-15-12-29-13-30-15/h12-14,16-19,21H,5-11,27H2,1-4H3,(H2,28,35)(H,29,30)(H,31,36)(H,32,37)(H,33,38)(H,34,39)(H,40,41)/t14-,16-,17-,18-,19-,21-/m0/s1. The van der Waals surface area contributed by atoms with Gasteiger partial charge in [0.25, 0.3) is 0 Å². The topological polar surface area (TPSA) is 251 Å². The van der Waals surface area contributed by atoms with Gasteiger partial charge in [-0.2, -0.15) is 23.5 Å². The second-order valence-corrected chi connectivity index (χ2v) is 12.0. The highest BCUT2D eigenvalue weighted by Crippen LogP contribution is 2.10. The minimum atomic E-state index is -1.47. The van der Waals surface area contributed by atoms with Crippen LogP contribution in [0.25, 0.3) is 0 Å². The zero-order valence-electron chi connectivity index (χ0n) is 24.9. The van der Waals surface area contributed by atoms with Crippen molar-refractivity contribution >= 4 is 59.0 Å². The van der Waals surface area contributed by atoms with E-state index in [4.69, 9.17) is 11.5 Å². The molecular weight excluding hydrogens is 600 g/mol. The Hall–Kier alpha value is -3.31. The van der Waals surface area contributed by atoms with E-state index >= 15 is 0 Å². The number of carbonyl (C=O) groups is 6. The van der Waals surface area contributed by atoms with Gasteiger partial charge < -0.3 is 42.8 Å². The fraction of sp³-hybridized carbons (Fsp3) is 0.654. The number of thioether (sulfide) groups is 2. The van der Waals surface area contributed by atoms with E-state index in [1.165, 1.54) is 36.0 Å². The lowest BCUT2D eigenvalue weighted by atomic mass is 9.98. The van der Waals surface area contributed by atoms with Gasteiger partial charge in [0.2, 0.25) is 29.5 Å². The predicted octanol–water partition coefficient (Wildman–Crippen LogP) is -1.27. The molecule has 0 aliphatic rings. The average Bonchev–Trinajstić information content (AvgIpc) is 3.47. The molecule has 0 aliphatic carbocycles. The molecule has 0 unspecified atom stereocenters. The number of imidazole rings is 1. The zero-order valence-corrected chi connectivity index (χ0v) is 26.5. The molecule has 0 saturated carbocycles. The third-order valence-electron chi connectivity index (χ3n) is 6.63. The Morgan fingerprint density at radius 2 is 1.42 bits per heavy atom. The third kappa shape index (κ3) is 13.7. The molecule has 0 aliphatic heterocycles. The van der Waals surface area contributed by atoms with Crippen molar-refractivity contribution in [2.24, 2.45) is 17.4 Å². The Morgan fingerprint density at radius 3 is 1.86 bits per heavy atom. The number of hydrogen-bond donors (Lipinski definition) is 8. The number of carboxylic acids is 1. The van der Waals surface area contributed by atoms with Crippen molar-refractivity contribution in [1.82, 2.24) is 31.2 Å². The summed E-state index contributed by atoms with van der Waals surface area (Å²) in [6, 6.07) is -5.83. The van der Waals surface area contributed by atoms with Crippen LogP contribution in [0.5, 0.6) is 0 Å². The molecule has 242 valence electrons. The molecule has 1 aromatic rings. The summed E-state index contributed by atoms with van der Waals surface area (Å²) in [4.78, 5) is 82.6. The van der Waals surface area contributed by atoms with Gasteiger partial charge in [0.15, 0.2) is 0 Å². The quantitative estimate of drug-likeness (QED) is 0.0783. The van der Waals surface area contributed by atoms with Crippen LogP contribution in [0.2, 0.25) is 0 Å². The van der Waals surface area contributed by atoms with Crippen LogP contribution in [-0.4, -0.2) is 105 Å². The largest absolute Gasteiger partial charge is 0.480 e. The van der Waals surface area contributed by atoms with E-state index < -0.39 is 78.1 Å². The maximum atomic E-state index is 13.3. The lowest BCUT2D eigenvalue weighted by Gasteiger charge is -2.27. The Balaban J connectivity index is 3.07. The van der Waals surface area contributed by atoms with Gasteiger partial charge in [-0.1, -0.05) is 20.3 Å². The number of aromatic amines is 1. The van der Waals surface area contributed by atoms with Crippen molar-refractivity contribution in [2.45, 2.75) is 76.2 Å². The number of amides is 5. The van der Waals surface area contributed by atoms with E-state index in [2.05, 4.69) is 31.2 Å². The Labute approximate surface area is 259 Å². The maximum Gasteiger partial charge on any atom is 0.326 e. The fourth-order valence-electron chi connectivity index (χ4n) is 3.91. The predicted molar refractivity (Wildman–Crippen MR) is 165 cm³/mol. The first-order valence-electron chi connectivity index (χ1n) is 13.8. The number of aromatic nitrogens is 2. The van der Waals surface area contributed by atoms with Crippen LogP contribution >= 0.6 is 23.5 Å². The Kier molecular flexibility index (Phi) is 17.4. The van der Waals surface area contributed by atoms with Crippen LogP contribution in [0.3, 0.4) is 0 Å². The normalized spacial score (nSPS) is 15.2. The number of aliphatic carboxylic acids is 1. The fourth-order valence-corrected chi connectivity index (χ4v) is 4.85. The van der Waals surface area contributed by atoms with E-state index in [1.54, 1.807) is 13.8 Å². The number of nitrogens with zero attached hydrogens (tertiary/aromatic N) is 1. The summed E-state index contributed by atoms with van der Waals surface area (Å²) < 4.78 is 0. The third-order valence-corrected chi connectivity index (χ3v) is 7.92. The monoisotopic (exact) mass is 644 g/mol. The van der Waals surface area contributed by atoms with Crippen LogP contribution in [0, 0.1) is 5.92 Å². The van der Waals surface area contributed by atoms with Crippen LogP contribution in [-0.2, 0) is 35.2 Å². The summed E-state index contributed by atoms with van der Waals surface area (Å²) in [5, 5.41) is 19.7. The lowest BCUT2D eigenvalue weighted by molar-refractivity contribution is -0.144. The number of primary amides is 1. The van der Waals surface area contributed by atoms with Crippen molar-refractivity contribution in [3.05, 3.63) is 18.2 Å². The molecule has 1 aromatic heterocycles. The summed E-state index contributed by atoms with van der Waals surface area (Å²) in [5.41, 5.74) is 12.0. The molecule has 17 heteroatoms. The summed E-state index contributed by atoms with van der Waals surface area (Å²) in [6.45, 7) is 3.40. The molecule has 0 fully saturated rings. The van der Waals surface area contributed by atoms with E-state index in [0.717, 1.165) is 0 Å². The smallest absolute Gasteiger partial charge is 0.326 e. The molecule has 0 aromatic carbocycles. The number of carboxylic acid groups (broad SMARTS) is 1. The molecule has 10 N–H and O–H groups in total. The van der Waals surface area contributed by atoms with Crippen LogP contribution < -0.4 is 32.7 Å². The average molecular weight is 645 g/mol. The lowest BCUT2D eigenvalue weighted by Crippen LogP contribution is -2.59. The number of H-pyrrole nitrogens is 1. The number of carbonyl (C=O) groups excluding carboxylic acids is 5. The van der Waals surface area contributed by atoms with E-state index in [0.29, 0.717) is 23.6 Å². The second-order valence-electron chi connectivity index (χ2n) is 10.0. The highest BCUT2D eigenvalue weighted by Gasteiger charge is 2.33. The van der Waals surface area contributed by atoms with Crippen LogP contribution in [0.1, 0.15) is 45.2 Å². The number of rotatable bonds is 21. The first kappa shape index (κ1) is 37.7. The molecule has 0 bridgehead atoms. The van der Waals surface area contributed by atoms with Crippen LogP contribution in [0.4, 0.5) is 0 Å². The van der Waals surface area contributed by atoms with Gasteiger partial charge in [0.1, 0.15) is 24.2 Å². The van der Waals surface area contributed by atoms with Gasteiger partial charge >= 0.3 is 5.97 Å². The van der Waals surface area contributed by atoms with Gasteiger partial charge in [-0.05, 0) is 42.8 Å². The van der Waals surface area contributed by atoms with Crippen molar-refractivity contribution in [3.8, 4) is 0 Å². The molecule has 43 heavy (non-hydrogen) atoms. The Bertz CT molecular complexity index is 1080. The van der Waals surface area contributed by atoms with Crippen molar-refractivity contribution in [3.63, 3.8) is 0 Å². The molecule has 5 amide bonds. The maximum absolute atomic E-state index is 13.3. The Morgan fingerprint density at radius 1 is 0.907 bits per heavy atom. The van der Waals surface area contributed by atoms with Gasteiger partial charge in [0.05, 0.1) is 18.8 Å². The molecule has 0 saturated heterocycles. The molecule has 1 heterocycles. The molecule has 15 nitrogen and oxygen atoms in total. The summed E-state index contributed by atoms with van der Waals surface area (Å²) >= 11 is 2.88. The minimum Gasteiger partial charge on any atom is -0.480 e. The first-order valence-corrected chi connectivity index (χ1v) is 16.6. The highest BCUT2D eigenvalue weighted by atomic mass is 32.2. The van der Waals surface area contributed by atoms with Gasteiger partial charge in [-0.15, -0.1) is 0 Å². The molecule has 0 radical (unpaired) electrons. The van der Waals surface area contributed by atoms with Crippen molar-refractivity contribution in [1.29, 1.82) is 0 Å². The summed E-state index contributed by atoms with van der Waals surface area (Å²) in [5.74, 6) is -4.47. The molecular formula is C26H44N8O7S2. The van der Waals surface area contributed by atoms with E-state index in [9.17, 15) is 33.9 Å². The van der Waals surface area contributed by atoms with Crippen LogP contribution in [0.15, 0.2) is 12.5 Å². The van der Waals surface area contributed by atoms with Gasteiger partial charge in [-0.25, -0.2) is 9.78 Å². The van der Waals surface area contributed by atoms with Crippen molar-refractivity contribution < 1.29 is 33.9 Å². The molecule has 1 rings (SSSR count). The van der Waals surface area contributed by atoms with Crippen molar-refractivity contribution in [2.75, 3.05) is 24.0 Å². The van der Waals surface area contributed by atoms with E-state index in [1.807, 2.05) is 12.5 Å². The number of nitrogens with two attached hydrogens (primary N) is 2. The zero-order chi connectivity index (χ0) is 32.5. The highest BCUT2D eigenvalue weighted by molar-refractivity contribution is 7.98. The van der Waals surface area contributed by atoms with Gasteiger partial charge in [0, 0.05) is 18.3 Å². The molecule has 0 spiro atoms. The first-order chi connectivity index (χ1) is 20.3. The molecule has 6 atom stereocenters. The van der Waals surface area contributed by atoms with E-state index in [-0.39, 0.29) is 19.3 Å². The summed E-state index contributed by atoms with van der Waals surface area (Å²) in [6.07, 6.45) is 7.11. The number of nitrogens with one attached hydrogen (secondary N) is 5. The second kappa shape index (κ2) is 19.8. The minimum absolute atomic E-state index is 0.163. The number of hydrogen-bond acceptors (Lipinski definition) is 10. The van der Waals surface area contributed by atoms with Gasteiger partial charge in [-0.3, -0.25) is 24.0 Å². The summed E-state index contributed by atoms with van der Waals surface area (Å²) in [7, 11) is 0. The SMILES string of the molecule is CC[C@H](C)[C@H](NC(=O)[C@H](CC(N)=O)NC(=O)[C@H](CCSC)NC(=O)[C@H](CCSC)NC(=O)[C@@H](N)Cc1cnc[nH]1)C(=O)O.